The van der Waals surface area contributed by atoms with Crippen molar-refractivity contribution in [1.82, 2.24) is 4.90 Å². The van der Waals surface area contributed by atoms with Crippen LogP contribution in [0.3, 0.4) is 0 Å². The lowest BCUT2D eigenvalue weighted by Crippen LogP contribution is -2.40. The number of nitrogen functional groups attached to an aromatic ring is 1. The Hall–Kier alpha value is -2.01. The molecule has 0 saturated carbocycles. The minimum absolute atomic E-state index is 0.112. The summed E-state index contributed by atoms with van der Waals surface area (Å²) in [6.45, 7) is 1.88. The zero-order chi connectivity index (χ0) is 17.1. The number of halogens is 1. The van der Waals surface area contributed by atoms with Gasteiger partial charge >= 0.3 is 0 Å². The van der Waals surface area contributed by atoms with E-state index >= 15 is 0 Å². The topological polar surface area (TPSA) is 49.6 Å². The van der Waals surface area contributed by atoms with Crippen LogP contribution < -0.4 is 10.6 Å². The average molecular weight is 388 g/mol. The minimum atomic E-state index is 0.112. The molecule has 5 heteroatoms. The monoisotopic (exact) mass is 387 g/mol. The predicted molar refractivity (Wildman–Crippen MR) is 102 cm³/mol. The molecule has 0 spiro atoms. The fourth-order valence-corrected chi connectivity index (χ4v) is 3.56. The van der Waals surface area contributed by atoms with Gasteiger partial charge in [0.25, 0.3) is 0 Å². The molecule has 2 aromatic carbocycles. The first-order valence-electron chi connectivity index (χ1n) is 8.16. The maximum Gasteiger partial charge on any atom is 0.242 e. The van der Waals surface area contributed by atoms with Crippen LogP contribution in [0, 0.1) is 0 Å². The molecule has 1 heterocycles. The molecule has 1 aliphatic rings. The molecule has 2 aromatic rings. The van der Waals surface area contributed by atoms with E-state index in [4.69, 9.17) is 5.73 Å². The highest BCUT2D eigenvalue weighted by molar-refractivity contribution is 9.10. The quantitative estimate of drug-likeness (QED) is 0.817. The molecule has 0 unspecified atom stereocenters. The van der Waals surface area contributed by atoms with Gasteiger partial charge in [0.2, 0.25) is 5.91 Å². The summed E-state index contributed by atoms with van der Waals surface area (Å²) in [4.78, 5) is 16.6. The summed E-state index contributed by atoms with van der Waals surface area (Å²) in [7, 11) is 1.85. The number of anilines is 2. The van der Waals surface area contributed by atoms with Crippen molar-refractivity contribution in [2.24, 2.45) is 0 Å². The lowest BCUT2D eigenvalue weighted by molar-refractivity contribution is -0.129. The second-order valence-corrected chi connectivity index (χ2v) is 7.07. The van der Waals surface area contributed by atoms with Gasteiger partial charge in [-0.2, -0.15) is 0 Å². The van der Waals surface area contributed by atoms with Crippen LogP contribution in [-0.4, -0.2) is 30.9 Å². The van der Waals surface area contributed by atoms with Crippen molar-refractivity contribution < 1.29 is 4.79 Å². The molecule has 1 aliphatic heterocycles. The molecule has 0 aliphatic carbocycles. The zero-order valence-corrected chi connectivity index (χ0v) is 15.4. The Morgan fingerprint density at radius 2 is 2.04 bits per heavy atom. The molecule has 0 saturated heterocycles. The molecule has 0 atom stereocenters. The zero-order valence-electron chi connectivity index (χ0n) is 13.8. The number of carbonyl (C=O) groups is 1. The lowest BCUT2D eigenvalue weighted by Gasteiger charge is -2.32. The standard InChI is InChI=1S/C19H22BrN3O/c1-22(12-14-6-2-3-8-16(14)20)19(24)13-23-11-5-7-15-17(21)9-4-10-18(15)23/h2-4,6,8-10H,5,7,11-13,21H2,1H3. The van der Waals surface area contributed by atoms with E-state index in [2.05, 4.69) is 26.9 Å². The number of rotatable bonds is 4. The van der Waals surface area contributed by atoms with Crippen LogP contribution in [0.25, 0.3) is 0 Å². The van der Waals surface area contributed by atoms with Crippen LogP contribution in [0.5, 0.6) is 0 Å². The molecule has 126 valence electrons. The molecule has 0 bridgehead atoms. The van der Waals surface area contributed by atoms with E-state index in [0.29, 0.717) is 13.1 Å². The lowest BCUT2D eigenvalue weighted by atomic mass is 10.00. The molecule has 24 heavy (non-hydrogen) atoms. The summed E-state index contributed by atoms with van der Waals surface area (Å²) in [6.07, 6.45) is 2.02. The Morgan fingerprint density at radius 1 is 1.25 bits per heavy atom. The SMILES string of the molecule is CN(Cc1ccccc1Br)C(=O)CN1CCCc2c(N)cccc21. The van der Waals surface area contributed by atoms with Gasteiger partial charge in [0.1, 0.15) is 0 Å². The van der Waals surface area contributed by atoms with Crippen LogP contribution in [0.2, 0.25) is 0 Å². The van der Waals surface area contributed by atoms with E-state index in [1.807, 2.05) is 43.4 Å². The molecular formula is C19H22BrN3O. The van der Waals surface area contributed by atoms with Crippen LogP contribution >= 0.6 is 15.9 Å². The second-order valence-electron chi connectivity index (χ2n) is 6.21. The largest absolute Gasteiger partial charge is 0.398 e. The van der Waals surface area contributed by atoms with E-state index in [1.54, 1.807) is 4.90 Å². The number of nitrogens with two attached hydrogens (primary N) is 1. The van der Waals surface area contributed by atoms with E-state index in [1.165, 1.54) is 5.56 Å². The van der Waals surface area contributed by atoms with Gasteiger partial charge in [-0.1, -0.05) is 40.2 Å². The third kappa shape index (κ3) is 3.56. The molecule has 2 N–H and O–H groups in total. The van der Waals surface area contributed by atoms with Gasteiger partial charge in [-0.25, -0.2) is 0 Å². The number of hydrogen-bond acceptors (Lipinski definition) is 3. The van der Waals surface area contributed by atoms with E-state index < -0.39 is 0 Å². The summed E-state index contributed by atoms with van der Waals surface area (Å²) in [5.41, 5.74) is 10.3. The number of likely N-dealkylation sites (N-methyl/N-ethyl adjacent to an activating group) is 1. The Morgan fingerprint density at radius 3 is 2.83 bits per heavy atom. The van der Waals surface area contributed by atoms with Gasteiger partial charge in [0.05, 0.1) is 6.54 Å². The highest BCUT2D eigenvalue weighted by Crippen LogP contribution is 2.31. The first kappa shape index (κ1) is 16.8. The van der Waals surface area contributed by atoms with Gasteiger partial charge in [0, 0.05) is 36.0 Å². The smallest absolute Gasteiger partial charge is 0.242 e. The summed E-state index contributed by atoms with van der Waals surface area (Å²) < 4.78 is 1.03. The molecule has 0 radical (unpaired) electrons. The van der Waals surface area contributed by atoms with E-state index in [-0.39, 0.29) is 5.91 Å². The number of benzene rings is 2. The van der Waals surface area contributed by atoms with Crippen molar-refractivity contribution in [3.8, 4) is 0 Å². The van der Waals surface area contributed by atoms with Crippen molar-refractivity contribution in [3.63, 3.8) is 0 Å². The molecular weight excluding hydrogens is 366 g/mol. The van der Waals surface area contributed by atoms with Gasteiger partial charge in [0.15, 0.2) is 0 Å². The van der Waals surface area contributed by atoms with Crippen molar-refractivity contribution in [1.29, 1.82) is 0 Å². The molecule has 4 nitrogen and oxygen atoms in total. The number of nitrogens with zero attached hydrogens (tertiary/aromatic N) is 2. The highest BCUT2D eigenvalue weighted by atomic mass is 79.9. The number of hydrogen-bond donors (Lipinski definition) is 1. The fourth-order valence-electron chi connectivity index (χ4n) is 3.15. The van der Waals surface area contributed by atoms with Crippen molar-refractivity contribution in [2.75, 3.05) is 30.8 Å². The van der Waals surface area contributed by atoms with Crippen LogP contribution in [0.4, 0.5) is 11.4 Å². The molecule has 0 aromatic heterocycles. The predicted octanol–water partition coefficient (Wildman–Crippen LogP) is 3.44. The highest BCUT2D eigenvalue weighted by Gasteiger charge is 2.22. The van der Waals surface area contributed by atoms with Crippen molar-refractivity contribution >= 4 is 33.2 Å². The van der Waals surface area contributed by atoms with Gasteiger partial charge in [-0.15, -0.1) is 0 Å². The maximum atomic E-state index is 12.7. The molecule has 3 rings (SSSR count). The van der Waals surface area contributed by atoms with Crippen LogP contribution in [0.15, 0.2) is 46.9 Å². The van der Waals surface area contributed by atoms with Gasteiger partial charge < -0.3 is 15.5 Å². The second kappa shape index (κ2) is 7.26. The van der Waals surface area contributed by atoms with Gasteiger partial charge in [-0.3, -0.25) is 4.79 Å². The molecule has 0 fully saturated rings. The summed E-state index contributed by atoms with van der Waals surface area (Å²) in [5, 5.41) is 0. The van der Waals surface area contributed by atoms with E-state index in [0.717, 1.165) is 40.8 Å². The third-order valence-corrected chi connectivity index (χ3v) is 5.27. The maximum absolute atomic E-state index is 12.7. The Balaban J connectivity index is 1.70. The Kier molecular flexibility index (Phi) is 5.09. The summed E-state index contributed by atoms with van der Waals surface area (Å²) >= 11 is 3.54. The van der Waals surface area contributed by atoms with E-state index in [9.17, 15) is 4.79 Å². The third-order valence-electron chi connectivity index (χ3n) is 4.50. The minimum Gasteiger partial charge on any atom is -0.398 e. The Bertz CT molecular complexity index is 747. The van der Waals surface area contributed by atoms with Crippen molar-refractivity contribution in [3.05, 3.63) is 58.1 Å². The summed E-state index contributed by atoms with van der Waals surface area (Å²) in [6, 6.07) is 13.9. The fraction of sp³-hybridized carbons (Fsp3) is 0.316. The number of amides is 1. The average Bonchev–Trinajstić information content (AvgIpc) is 2.58. The molecule has 1 amide bonds. The van der Waals surface area contributed by atoms with Crippen LogP contribution in [0.1, 0.15) is 17.5 Å². The first-order valence-corrected chi connectivity index (χ1v) is 8.95. The summed E-state index contributed by atoms with van der Waals surface area (Å²) in [5.74, 6) is 0.112. The normalized spacial score (nSPS) is 13.5. The number of fused-ring (bicyclic) bond motifs is 1. The number of carbonyl (C=O) groups excluding carboxylic acids is 1. The first-order chi connectivity index (χ1) is 11.6. The van der Waals surface area contributed by atoms with Gasteiger partial charge in [-0.05, 0) is 42.2 Å². The van der Waals surface area contributed by atoms with Crippen LogP contribution in [-0.2, 0) is 17.8 Å². The van der Waals surface area contributed by atoms with Crippen molar-refractivity contribution in [2.45, 2.75) is 19.4 Å². The Labute approximate surface area is 151 Å².